The molecule has 0 N–H and O–H groups in total. The van der Waals surface area contributed by atoms with Crippen LogP contribution in [0, 0.1) is 29.1 Å². The number of carbonyl (C=O) groups excluding carboxylic acids is 3. The van der Waals surface area contributed by atoms with Crippen molar-refractivity contribution < 1.29 is 19.1 Å². The molecule has 2 amide bonds. The van der Waals surface area contributed by atoms with E-state index in [2.05, 4.69) is 22.8 Å². The van der Waals surface area contributed by atoms with Crippen molar-refractivity contribution in [1.82, 2.24) is 9.80 Å². The van der Waals surface area contributed by atoms with Crippen LogP contribution in [-0.4, -0.2) is 73.8 Å². The van der Waals surface area contributed by atoms with Gasteiger partial charge in [0.15, 0.2) is 0 Å². The fourth-order valence-corrected chi connectivity index (χ4v) is 7.33. The Hall–Kier alpha value is -2.12. The molecule has 192 valence electrons. The third kappa shape index (κ3) is 4.46. The highest BCUT2D eigenvalue weighted by atomic mass is 35.5. The summed E-state index contributed by atoms with van der Waals surface area (Å²) in [5.41, 5.74) is 0.797. The van der Waals surface area contributed by atoms with Crippen LogP contribution >= 0.6 is 12.4 Å². The summed E-state index contributed by atoms with van der Waals surface area (Å²) in [4.78, 5) is 45.5. The Bertz CT molecular complexity index is 979. The van der Waals surface area contributed by atoms with Crippen molar-refractivity contribution in [2.24, 2.45) is 29.1 Å². The molecule has 35 heavy (non-hydrogen) atoms. The largest absolute Gasteiger partial charge is 0.495 e. The molecule has 2 saturated heterocycles. The molecule has 1 aromatic rings. The minimum Gasteiger partial charge on any atom is -0.495 e. The summed E-state index contributed by atoms with van der Waals surface area (Å²) in [6.07, 6.45) is 3.10. The number of Topliss-reactive ketones (excluding diaryl/α,β-unsaturated/α-hetero) is 1. The topological polar surface area (TPSA) is 70.2 Å². The van der Waals surface area contributed by atoms with Gasteiger partial charge in [0.05, 0.1) is 24.6 Å². The number of amides is 2. The van der Waals surface area contributed by atoms with Crippen LogP contribution < -0.4 is 9.64 Å². The summed E-state index contributed by atoms with van der Waals surface area (Å²) in [6, 6.07) is 8.15. The Balaban J connectivity index is 0.00000289. The zero-order valence-corrected chi connectivity index (χ0v) is 21.9. The SMILES string of the molecule is COc1ccccc1N1CCN(CCCCN2C(=O)C3C(C2=O)[C@@]2(C)CC(=O)[C@@H]3C(C)C2)CC1.Cl. The van der Waals surface area contributed by atoms with Gasteiger partial charge in [-0.15, -0.1) is 12.4 Å². The smallest absolute Gasteiger partial charge is 0.233 e. The number of hydrogen-bond donors (Lipinski definition) is 0. The van der Waals surface area contributed by atoms with Crippen molar-refractivity contribution in [1.29, 1.82) is 0 Å². The van der Waals surface area contributed by atoms with E-state index >= 15 is 0 Å². The highest BCUT2D eigenvalue weighted by Gasteiger charge is 2.66. The molecule has 0 aromatic heterocycles. The number of halogens is 1. The number of benzene rings is 1. The lowest BCUT2D eigenvalue weighted by Crippen LogP contribution is -2.56. The van der Waals surface area contributed by atoms with Gasteiger partial charge in [0.1, 0.15) is 11.5 Å². The van der Waals surface area contributed by atoms with Gasteiger partial charge in [0.2, 0.25) is 11.8 Å². The molecule has 3 aliphatic carbocycles. The summed E-state index contributed by atoms with van der Waals surface area (Å²) < 4.78 is 5.51. The van der Waals surface area contributed by atoms with Gasteiger partial charge >= 0.3 is 0 Å². The van der Waals surface area contributed by atoms with Gasteiger partial charge in [-0.05, 0) is 49.3 Å². The maximum atomic E-state index is 13.2. The first-order chi connectivity index (χ1) is 16.3. The predicted molar refractivity (Wildman–Crippen MR) is 137 cm³/mol. The Morgan fingerprint density at radius 1 is 0.971 bits per heavy atom. The molecule has 0 spiro atoms. The van der Waals surface area contributed by atoms with E-state index < -0.39 is 5.92 Å². The number of likely N-dealkylation sites (tertiary alicyclic amines) is 1. The molecule has 0 radical (unpaired) electrons. The molecule has 5 fully saturated rings. The van der Waals surface area contributed by atoms with Gasteiger partial charge < -0.3 is 9.64 Å². The Morgan fingerprint density at radius 2 is 1.66 bits per heavy atom. The zero-order valence-electron chi connectivity index (χ0n) is 21.1. The number of para-hydroxylation sites is 2. The molecule has 7 nitrogen and oxygen atoms in total. The number of ketones is 1. The van der Waals surface area contributed by atoms with E-state index in [1.165, 1.54) is 4.90 Å². The lowest BCUT2D eigenvalue weighted by atomic mass is 9.48. The summed E-state index contributed by atoms with van der Waals surface area (Å²) >= 11 is 0. The van der Waals surface area contributed by atoms with Crippen LogP contribution in [0.1, 0.15) is 39.5 Å². The van der Waals surface area contributed by atoms with E-state index in [1.54, 1.807) is 7.11 Å². The molecule has 2 aliphatic heterocycles. The number of imide groups is 1. The van der Waals surface area contributed by atoms with Gasteiger partial charge in [0.25, 0.3) is 0 Å². The minimum absolute atomic E-state index is 0. The van der Waals surface area contributed by atoms with Crippen molar-refractivity contribution in [2.75, 3.05) is 51.3 Å². The van der Waals surface area contributed by atoms with Gasteiger partial charge in [-0.3, -0.25) is 24.2 Å². The van der Waals surface area contributed by atoms with Crippen LogP contribution in [0.25, 0.3) is 0 Å². The van der Waals surface area contributed by atoms with Crippen LogP contribution in [0.4, 0.5) is 5.69 Å². The number of nitrogens with zero attached hydrogens (tertiary/aromatic N) is 3. The molecular formula is C27H38ClN3O4. The number of hydrogen-bond acceptors (Lipinski definition) is 6. The van der Waals surface area contributed by atoms with Crippen molar-refractivity contribution >= 4 is 35.7 Å². The second kappa shape index (κ2) is 10.1. The van der Waals surface area contributed by atoms with Gasteiger partial charge in [-0.2, -0.15) is 0 Å². The number of unbranched alkanes of at least 4 members (excludes halogenated alkanes) is 1. The fourth-order valence-electron chi connectivity index (χ4n) is 7.33. The molecule has 5 aliphatic rings. The van der Waals surface area contributed by atoms with Crippen molar-refractivity contribution in [3.05, 3.63) is 24.3 Å². The summed E-state index contributed by atoms with van der Waals surface area (Å²) in [6.45, 7) is 9.47. The highest BCUT2D eigenvalue weighted by Crippen LogP contribution is 2.60. The second-order valence-corrected chi connectivity index (χ2v) is 11.0. The summed E-state index contributed by atoms with van der Waals surface area (Å²) in [7, 11) is 1.71. The van der Waals surface area contributed by atoms with Crippen molar-refractivity contribution in [3.8, 4) is 5.75 Å². The first-order valence-corrected chi connectivity index (χ1v) is 12.8. The van der Waals surface area contributed by atoms with Crippen LogP contribution in [-0.2, 0) is 14.4 Å². The number of anilines is 1. The van der Waals surface area contributed by atoms with Gasteiger partial charge in [0, 0.05) is 45.1 Å². The van der Waals surface area contributed by atoms with E-state index in [0.717, 1.165) is 63.4 Å². The third-order valence-corrected chi connectivity index (χ3v) is 8.84. The van der Waals surface area contributed by atoms with Crippen LogP contribution in [0.2, 0.25) is 0 Å². The molecule has 3 saturated carbocycles. The van der Waals surface area contributed by atoms with Gasteiger partial charge in [-0.1, -0.05) is 26.0 Å². The van der Waals surface area contributed by atoms with E-state index in [9.17, 15) is 14.4 Å². The van der Waals surface area contributed by atoms with Crippen LogP contribution in [0.5, 0.6) is 5.75 Å². The summed E-state index contributed by atoms with van der Waals surface area (Å²) in [5.74, 6) is 0.232. The number of methoxy groups -OCH3 is 1. The average molecular weight is 504 g/mol. The standard InChI is InChI=1S/C27H37N3O4.ClH/c1-18-16-27(2)17-20(31)22(18)23-24(27)26(33)30(25(23)32)11-7-6-10-28-12-14-29(15-13-28)19-8-4-5-9-21(19)34-3;/h4-5,8-9,18,22-24H,6-7,10-17H2,1-3H3;1H/t18?,22-,23?,24?,27+;/m0./s1. The molecule has 3 unspecified atom stereocenters. The van der Waals surface area contributed by atoms with E-state index in [-0.39, 0.29) is 53.2 Å². The van der Waals surface area contributed by atoms with E-state index in [0.29, 0.717) is 13.0 Å². The Labute approximate surface area is 214 Å². The van der Waals surface area contributed by atoms with Crippen molar-refractivity contribution in [3.63, 3.8) is 0 Å². The second-order valence-electron chi connectivity index (χ2n) is 11.0. The predicted octanol–water partition coefficient (Wildman–Crippen LogP) is 3.26. The average Bonchev–Trinajstić information content (AvgIpc) is 3.07. The zero-order chi connectivity index (χ0) is 24.0. The maximum Gasteiger partial charge on any atom is 0.233 e. The number of fused-ring (bicyclic) bond motifs is 2. The van der Waals surface area contributed by atoms with Crippen molar-refractivity contribution in [2.45, 2.75) is 39.5 Å². The molecule has 6 rings (SSSR count). The minimum atomic E-state index is -0.412. The molecule has 8 heteroatoms. The molecule has 2 heterocycles. The Kier molecular flexibility index (Phi) is 7.49. The monoisotopic (exact) mass is 503 g/mol. The fraction of sp³-hybridized carbons (Fsp3) is 0.667. The molecule has 5 atom stereocenters. The van der Waals surface area contributed by atoms with Crippen LogP contribution in [0.3, 0.4) is 0 Å². The van der Waals surface area contributed by atoms with Gasteiger partial charge in [-0.25, -0.2) is 0 Å². The number of piperazine rings is 1. The third-order valence-electron chi connectivity index (χ3n) is 8.84. The maximum absolute atomic E-state index is 13.2. The highest BCUT2D eigenvalue weighted by molar-refractivity contribution is 6.09. The first-order valence-electron chi connectivity index (χ1n) is 12.8. The number of rotatable bonds is 7. The Morgan fingerprint density at radius 3 is 2.34 bits per heavy atom. The lowest BCUT2D eigenvalue weighted by Gasteiger charge is -2.52. The number of ether oxygens (including phenoxy) is 1. The molecule has 2 bridgehead atoms. The normalized spacial score (nSPS) is 32.6. The molecule has 1 aromatic carbocycles. The quantitative estimate of drug-likeness (QED) is 0.420. The molecular weight excluding hydrogens is 466 g/mol. The van der Waals surface area contributed by atoms with Crippen LogP contribution in [0.15, 0.2) is 24.3 Å². The summed E-state index contributed by atoms with van der Waals surface area (Å²) in [5, 5.41) is 0. The number of carbonyl (C=O) groups is 3. The van der Waals surface area contributed by atoms with E-state index in [1.807, 2.05) is 25.1 Å². The first kappa shape index (κ1) is 26.0. The lowest BCUT2D eigenvalue weighted by molar-refractivity contribution is -0.157. The van der Waals surface area contributed by atoms with E-state index in [4.69, 9.17) is 4.74 Å².